The first kappa shape index (κ1) is 19.0. The highest BCUT2D eigenvalue weighted by molar-refractivity contribution is 5.60. The van der Waals surface area contributed by atoms with Crippen LogP contribution in [-0.4, -0.2) is 35.9 Å². The third kappa shape index (κ3) is 3.94. The van der Waals surface area contributed by atoms with Gasteiger partial charge in [-0.15, -0.1) is 5.10 Å². The molecule has 7 nitrogen and oxygen atoms in total. The molecule has 1 aliphatic rings. The molecule has 0 fully saturated rings. The summed E-state index contributed by atoms with van der Waals surface area (Å²) in [5.74, 6) is 2.80. The number of aromatic nitrogens is 3. The first-order chi connectivity index (χ1) is 14.1. The summed E-state index contributed by atoms with van der Waals surface area (Å²) < 4.78 is 10.9. The molecule has 0 saturated heterocycles. The fraction of sp³-hybridized carbons (Fsp3) is 0.318. The summed E-state index contributed by atoms with van der Waals surface area (Å²) in [6, 6.07) is 10.3. The van der Waals surface area contributed by atoms with Gasteiger partial charge >= 0.3 is 0 Å². The molecule has 0 atom stereocenters. The minimum atomic E-state index is 0.493. The predicted octanol–water partition coefficient (Wildman–Crippen LogP) is 3.81. The van der Waals surface area contributed by atoms with Crippen LogP contribution in [0.2, 0.25) is 0 Å². The maximum absolute atomic E-state index is 5.46. The first-order valence-corrected chi connectivity index (χ1v) is 9.60. The fourth-order valence-corrected chi connectivity index (χ4v) is 3.65. The van der Waals surface area contributed by atoms with E-state index < -0.39 is 0 Å². The van der Waals surface area contributed by atoms with Gasteiger partial charge in [-0.3, -0.25) is 0 Å². The molecule has 1 aliphatic heterocycles. The van der Waals surface area contributed by atoms with Gasteiger partial charge in [0, 0.05) is 18.8 Å². The van der Waals surface area contributed by atoms with Crippen molar-refractivity contribution in [3.05, 3.63) is 58.8 Å². The van der Waals surface area contributed by atoms with E-state index in [2.05, 4.69) is 57.4 Å². The Balaban J connectivity index is 1.56. The van der Waals surface area contributed by atoms with Gasteiger partial charge in [-0.25, -0.2) is 0 Å². The van der Waals surface area contributed by atoms with Crippen LogP contribution < -0.4 is 19.7 Å². The summed E-state index contributed by atoms with van der Waals surface area (Å²) in [5.41, 5.74) is 5.83. The lowest BCUT2D eigenvalue weighted by atomic mass is 9.99. The minimum absolute atomic E-state index is 0.493. The van der Waals surface area contributed by atoms with Crippen LogP contribution in [0.25, 0.3) is 0 Å². The molecular weight excluding hydrogens is 366 g/mol. The number of nitrogens with zero attached hydrogens (tertiary/aromatic N) is 4. The largest absolute Gasteiger partial charge is 0.493 e. The molecule has 2 heterocycles. The number of benzene rings is 2. The van der Waals surface area contributed by atoms with Crippen molar-refractivity contribution < 1.29 is 9.47 Å². The van der Waals surface area contributed by atoms with Crippen molar-refractivity contribution in [2.75, 3.05) is 31.0 Å². The Kier molecular flexibility index (Phi) is 5.20. The standard InChI is InChI=1S/C22H25N5O2/c1-14-5-6-18(15(2)9-14)24-22-25-21(12-23-26-22)27-8-7-16-10-19(28-3)20(29-4)11-17(16)13-27/h5-6,9-12H,7-8,13H2,1-4H3,(H,24,25,26). The Morgan fingerprint density at radius 1 is 1.00 bits per heavy atom. The number of hydrogen-bond donors (Lipinski definition) is 1. The highest BCUT2D eigenvalue weighted by Crippen LogP contribution is 2.34. The Labute approximate surface area is 170 Å². The summed E-state index contributed by atoms with van der Waals surface area (Å²) in [4.78, 5) is 6.89. The smallest absolute Gasteiger partial charge is 0.249 e. The van der Waals surface area contributed by atoms with E-state index in [0.717, 1.165) is 48.1 Å². The summed E-state index contributed by atoms with van der Waals surface area (Å²) in [6.07, 6.45) is 2.61. The molecule has 0 aliphatic carbocycles. The molecule has 0 saturated carbocycles. The van der Waals surface area contributed by atoms with Crippen molar-refractivity contribution in [2.24, 2.45) is 0 Å². The van der Waals surface area contributed by atoms with Crippen LogP contribution in [-0.2, 0) is 13.0 Å². The molecular formula is C22H25N5O2. The molecule has 0 unspecified atom stereocenters. The van der Waals surface area contributed by atoms with Gasteiger partial charge in [-0.1, -0.05) is 17.7 Å². The van der Waals surface area contributed by atoms with E-state index in [0.29, 0.717) is 5.95 Å². The highest BCUT2D eigenvalue weighted by atomic mass is 16.5. The Hall–Kier alpha value is -3.35. The topological polar surface area (TPSA) is 72.4 Å². The Morgan fingerprint density at radius 2 is 1.76 bits per heavy atom. The van der Waals surface area contributed by atoms with Crippen LogP contribution in [0.15, 0.2) is 36.5 Å². The zero-order chi connectivity index (χ0) is 20.4. The summed E-state index contributed by atoms with van der Waals surface area (Å²) >= 11 is 0. The molecule has 0 bridgehead atoms. The van der Waals surface area contributed by atoms with E-state index in [1.165, 1.54) is 16.7 Å². The predicted molar refractivity (Wildman–Crippen MR) is 113 cm³/mol. The zero-order valence-corrected chi connectivity index (χ0v) is 17.2. The molecule has 0 amide bonds. The van der Waals surface area contributed by atoms with Crippen molar-refractivity contribution in [1.82, 2.24) is 15.2 Å². The third-order valence-electron chi connectivity index (χ3n) is 5.22. The maximum atomic E-state index is 5.46. The van der Waals surface area contributed by atoms with Gasteiger partial charge < -0.3 is 19.7 Å². The number of ether oxygens (including phenoxy) is 2. The van der Waals surface area contributed by atoms with Crippen LogP contribution in [0.3, 0.4) is 0 Å². The van der Waals surface area contributed by atoms with E-state index in [4.69, 9.17) is 9.47 Å². The lowest BCUT2D eigenvalue weighted by molar-refractivity contribution is 0.353. The van der Waals surface area contributed by atoms with E-state index in [-0.39, 0.29) is 0 Å². The van der Waals surface area contributed by atoms with Crippen molar-refractivity contribution in [2.45, 2.75) is 26.8 Å². The molecule has 1 aromatic heterocycles. The van der Waals surface area contributed by atoms with Gasteiger partial charge in [0.1, 0.15) is 0 Å². The zero-order valence-electron chi connectivity index (χ0n) is 17.2. The number of hydrogen-bond acceptors (Lipinski definition) is 7. The SMILES string of the molecule is COc1cc2c(cc1OC)CN(c1cnnc(Nc3ccc(C)cc3C)n1)CC2. The van der Waals surface area contributed by atoms with Gasteiger partial charge in [-0.2, -0.15) is 10.1 Å². The quantitative estimate of drug-likeness (QED) is 0.709. The number of anilines is 3. The number of methoxy groups -OCH3 is 2. The van der Waals surface area contributed by atoms with Gasteiger partial charge in [0.25, 0.3) is 0 Å². The van der Waals surface area contributed by atoms with Crippen LogP contribution in [0.4, 0.5) is 17.5 Å². The second-order valence-electron chi connectivity index (χ2n) is 7.23. The number of aryl methyl sites for hydroxylation is 2. The number of rotatable bonds is 5. The van der Waals surface area contributed by atoms with Crippen molar-refractivity contribution >= 4 is 17.5 Å². The van der Waals surface area contributed by atoms with Crippen LogP contribution in [0, 0.1) is 13.8 Å². The third-order valence-corrected chi connectivity index (χ3v) is 5.22. The molecule has 7 heteroatoms. The van der Waals surface area contributed by atoms with E-state index in [1.807, 2.05) is 12.1 Å². The number of fused-ring (bicyclic) bond motifs is 1. The first-order valence-electron chi connectivity index (χ1n) is 9.60. The van der Waals surface area contributed by atoms with Gasteiger partial charge in [0.05, 0.1) is 20.4 Å². The summed E-state index contributed by atoms with van der Waals surface area (Å²) in [5, 5.41) is 11.6. The molecule has 1 N–H and O–H groups in total. The summed E-state index contributed by atoms with van der Waals surface area (Å²) in [6.45, 7) is 5.73. The molecule has 2 aromatic carbocycles. The van der Waals surface area contributed by atoms with E-state index in [9.17, 15) is 0 Å². The lowest BCUT2D eigenvalue weighted by Crippen LogP contribution is -2.31. The summed E-state index contributed by atoms with van der Waals surface area (Å²) in [7, 11) is 3.32. The molecule has 0 spiro atoms. The number of nitrogens with one attached hydrogen (secondary N) is 1. The van der Waals surface area contributed by atoms with Crippen molar-refractivity contribution in [3.63, 3.8) is 0 Å². The Morgan fingerprint density at radius 3 is 2.48 bits per heavy atom. The maximum Gasteiger partial charge on any atom is 0.249 e. The van der Waals surface area contributed by atoms with Crippen molar-refractivity contribution in [3.8, 4) is 11.5 Å². The average Bonchev–Trinajstić information content (AvgIpc) is 2.74. The van der Waals surface area contributed by atoms with Gasteiger partial charge in [-0.05, 0) is 55.2 Å². The molecule has 4 rings (SSSR count). The van der Waals surface area contributed by atoms with Gasteiger partial charge in [0.2, 0.25) is 5.95 Å². The Bertz CT molecular complexity index is 1040. The monoisotopic (exact) mass is 391 g/mol. The molecule has 3 aromatic rings. The minimum Gasteiger partial charge on any atom is -0.493 e. The van der Waals surface area contributed by atoms with Crippen LogP contribution in [0.5, 0.6) is 11.5 Å². The normalized spacial score (nSPS) is 13.0. The lowest BCUT2D eigenvalue weighted by Gasteiger charge is -2.30. The average molecular weight is 391 g/mol. The molecule has 0 radical (unpaired) electrons. The fourth-order valence-electron chi connectivity index (χ4n) is 3.65. The second kappa shape index (κ2) is 7.95. The van der Waals surface area contributed by atoms with Crippen LogP contribution >= 0.6 is 0 Å². The van der Waals surface area contributed by atoms with Gasteiger partial charge in [0.15, 0.2) is 17.3 Å². The van der Waals surface area contributed by atoms with E-state index >= 15 is 0 Å². The molecule has 150 valence electrons. The van der Waals surface area contributed by atoms with E-state index in [1.54, 1.807) is 20.4 Å². The van der Waals surface area contributed by atoms with Crippen molar-refractivity contribution in [1.29, 1.82) is 0 Å². The second-order valence-corrected chi connectivity index (χ2v) is 7.23. The highest BCUT2D eigenvalue weighted by Gasteiger charge is 2.21. The molecule has 29 heavy (non-hydrogen) atoms. The van der Waals surface area contributed by atoms with Crippen LogP contribution in [0.1, 0.15) is 22.3 Å².